The number of hydrogen-bond donors (Lipinski definition) is 0. The molecule has 2 aromatic carbocycles. The molecule has 0 saturated heterocycles. The van der Waals surface area contributed by atoms with Crippen molar-refractivity contribution in [2.75, 3.05) is 11.4 Å². The quantitative estimate of drug-likeness (QED) is 0.221. The summed E-state index contributed by atoms with van der Waals surface area (Å²) in [7, 11) is 0. The first-order valence-electron chi connectivity index (χ1n) is 10.6. The molecule has 0 spiro atoms. The Bertz CT molecular complexity index is 1470. The third-order valence-corrected chi connectivity index (χ3v) is 7.08. The van der Waals surface area contributed by atoms with Gasteiger partial charge in [-0.2, -0.15) is 0 Å². The minimum atomic E-state index is -0.255. The lowest BCUT2D eigenvalue weighted by atomic mass is 10.1. The summed E-state index contributed by atoms with van der Waals surface area (Å²) in [5, 5.41) is 5.76. The number of para-hydroxylation sites is 1. The molecule has 0 N–H and O–H groups in total. The van der Waals surface area contributed by atoms with E-state index in [0.717, 1.165) is 4.70 Å². The van der Waals surface area contributed by atoms with Crippen molar-refractivity contribution >= 4 is 68.2 Å². The maximum absolute atomic E-state index is 14.0. The summed E-state index contributed by atoms with van der Waals surface area (Å²) >= 11 is 14.2. The van der Waals surface area contributed by atoms with E-state index in [1.807, 2.05) is 41.1 Å². The van der Waals surface area contributed by atoms with Gasteiger partial charge in [-0.3, -0.25) is 9.69 Å². The van der Waals surface area contributed by atoms with Gasteiger partial charge in [0.1, 0.15) is 22.5 Å². The predicted octanol–water partition coefficient (Wildman–Crippen LogP) is 6.92. The highest BCUT2D eigenvalue weighted by Crippen LogP contribution is 2.36. The maximum atomic E-state index is 14.0. The van der Waals surface area contributed by atoms with Crippen molar-refractivity contribution in [3.63, 3.8) is 0 Å². The van der Waals surface area contributed by atoms with Crippen molar-refractivity contribution < 1.29 is 9.32 Å². The molecule has 0 aliphatic heterocycles. The normalized spacial score (nSPS) is 10.9. The SMILES string of the molecule is Cc1onc(-c2ccccc2Cl)c1C(=O)N(CCCn1ccnc1)c1nc2c(Cl)cccc2s1.Cl. The topological polar surface area (TPSA) is 77.0 Å². The Balaban J connectivity index is 0.00000289. The molecule has 7 nitrogen and oxygen atoms in total. The predicted molar refractivity (Wildman–Crippen MR) is 142 cm³/mol. The summed E-state index contributed by atoms with van der Waals surface area (Å²) in [6.45, 7) is 2.86. The number of imidazole rings is 1. The summed E-state index contributed by atoms with van der Waals surface area (Å²) in [5.74, 6) is 0.160. The van der Waals surface area contributed by atoms with Crippen molar-refractivity contribution in [3.05, 3.63) is 82.6 Å². The second-order valence-corrected chi connectivity index (χ2v) is 9.46. The molecule has 0 aliphatic rings. The summed E-state index contributed by atoms with van der Waals surface area (Å²) < 4.78 is 8.32. The van der Waals surface area contributed by atoms with Gasteiger partial charge in [0.05, 0.1) is 21.1 Å². The number of carbonyl (C=O) groups excluding carboxylic acids is 1. The minimum absolute atomic E-state index is 0. The number of halogens is 3. The Hall–Kier alpha value is -2.91. The Morgan fingerprint density at radius 1 is 1.14 bits per heavy atom. The fraction of sp³-hybridized carbons (Fsp3) is 0.167. The van der Waals surface area contributed by atoms with E-state index in [1.54, 1.807) is 36.5 Å². The Morgan fingerprint density at radius 3 is 2.69 bits per heavy atom. The molecule has 11 heteroatoms. The second kappa shape index (κ2) is 10.8. The van der Waals surface area contributed by atoms with Crippen LogP contribution in [0.1, 0.15) is 22.5 Å². The number of fused-ring (bicyclic) bond motifs is 1. The lowest BCUT2D eigenvalue weighted by Gasteiger charge is -2.20. The summed E-state index contributed by atoms with van der Waals surface area (Å²) in [6, 6.07) is 12.8. The fourth-order valence-electron chi connectivity index (χ4n) is 3.73. The highest BCUT2D eigenvalue weighted by atomic mass is 35.5. The van der Waals surface area contributed by atoms with E-state index in [-0.39, 0.29) is 18.3 Å². The van der Waals surface area contributed by atoms with Gasteiger partial charge in [0.2, 0.25) is 0 Å². The number of carbonyl (C=O) groups is 1. The first kappa shape index (κ1) is 25.2. The lowest BCUT2D eigenvalue weighted by Crippen LogP contribution is -2.33. The van der Waals surface area contributed by atoms with Gasteiger partial charge in [0.25, 0.3) is 5.91 Å². The molecule has 0 aliphatic carbocycles. The average Bonchev–Trinajstić information content (AvgIpc) is 3.57. The monoisotopic (exact) mass is 547 g/mol. The second-order valence-electron chi connectivity index (χ2n) is 7.64. The molecule has 3 aromatic heterocycles. The molecule has 0 saturated carbocycles. The molecule has 0 atom stereocenters. The van der Waals surface area contributed by atoms with E-state index in [1.165, 1.54) is 11.3 Å². The largest absolute Gasteiger partial charge is 0.360 e. The van der Waals surface area contributed by atoms with Crippen LogP contribution in [-0.4, -0.2) is 32.1 Å². The van der Waals surface area contributed by atoms with Gasteiger partial charge in [0.15, 0.2) is 5.13 Å². The van der Waals surface area contributed by atoms with Crippen LogP contribution in [-0.2, 0) is 6.54 Å². The molecule has 5 aromatic rings. The van der Waals surface area contributed by atoms with Crippen molar-refractivity contribution in [1.29, 1.82) is 0 Å². The molecule has 0 unspecified atom stereocenters. The first-order chi connectivity index (χ1) is 16.5. The Labute approximate surface area is 221 Å². The zero-order chi connectivity index (χ0) is 23.7. The number of anilines is 1. The Morgan fingerprint density at radius 2 is 1.94 bits per heavy atom. The van der Waals surface area contributed by atoms with Crippen molar-refractivity contribution in [1.82, 2.24) is 19.7 Å². The van der Waals surface area contributed by atoms with Crippen LogP contribution >= 0.6 is 46.9 Å². The van der Waals surface area contributed by atoms with Crippen molar-refractivity contribution in [3.8, 4) is 11.3 Å². The van der Waals surface area contributed by atoms with Gasteiger partial charge in [-0.05, 0) is 31.5 Å². The van der Waals surface area contributed by atoms with Crippen molar-refractivity contribution in [2.45, 2.75) is 19.9 Å². The molecular formula is C24H20Cl3N5O2S. The minimum Gasteiger partial charge on any atom is -0.360 e. The van der Waals surface area contributed by atoms with Gasteiger partial charge in [-0.1, -0.05) is 64.0 Å². The van der Waals surface area contributed by atoms with Crippen molar-refractivity contribution in [2.24, 2.45) is 0 Å². The van der Waals surface area contributed by atoms with Crippen LogP contribution in [0.2, 0.25) is 10.0 Å². The summed E-state index contributed by atoms with van der Waals surface area (Å²) in [5.41, 5.74) is 2.08. The number of thiazole rings is 1. The van der Waals surface area contributed by atoms with Gasteiger partial charge >= 0.3 is 0 Å². The fourth-order valence-corrected chi connectivity index (χ4v) is 5.24. The van der Waals surface area contributed by atoms with E-state index < -0.39 is 0 Å². The first-order valence-corrected chi connectivity index (χ1v) is 12.1. The van der Waals surface area contributed by atoms with Gasteiger partial charge < -0.3 is 9.09 Å². The van der Waals surface area contributed by atoms with Crippen LogP contribution in [0.25, 0.3) is 21.5 Å². The number of amides is 1. The highest BCUT2D eigenvalue weighted by Gasteiger charge is 2.29. The van der Waals surface area contributed by atoms with Crippen LogP contribution < -0.4 is 4.90 Å². The zero-order valence-electron chi connectivity index (χ0n) is 18.5. The molecule has 3 heterocycles. The van der Waals surface area contributed by atoms with Crippen LogP contribution in [0.3, 0.4) is 0 Å². The zero-order valence-corrected chi connectivity index (χ0v) is 21.7. The number of benzene rings is 2. The summed E-state index contributed by atoms with van der Waals surface area (Å²) in [6.07, 6.45) is 6.07. The standard InChI is InChI=1S/C24H19Cl2N5O2S.ClH/c1-15-20(21(29-33-15)16-6-2-3-7-17(16)25)23(32)31(12-5-11-30-13-10-27-14-30)24-28-22-18(26)8-4-9-19(22)34-24;/h2-4,6-10,13-14H,5,11-12H2,1H3;1H. The molecule has 1 amide bonds. The molecule has 35 heavy (non-hydrogen) atoms. The molecule has 0 fully saturated rings. The van der Waals surface area contributed by atoms with Crippen LogP contribution in [0, 0.1) is 6.92 Å². The van der Waals surface area contributed by atoms with Crippen LogP contribution in [0.5, 0.6) is 0 Å². The lowest BCUT2D eigenvalue weighted by molar-refractivity contribution is 0.0985. The number of hydrogen-bond acceptors (Lipinski definition) is 6. The van der Waals surface area contributed by atoms with E-state index in [9.17, 15) is 4.79 Å². The van der Waals surface area contributed by atoms with Gasteiger partial charge in [-0.15, -0.1) is 12.4 Å². The van der Waals surface area contributed by atoms with Gasteiger partial charge in [0, 0.05) is 31.0 Å². The molecule has 5 rings (SSSR count). The highest BCUT2D eigenvalue weighted by molar-refractivity contribution is 7.22. The van der Waals surface area contributed by atoms with E-state index in [4.69, 9.17) is 32.7 Å². The van der Waals surface area contributed by atoms with Crippen LogP contribution in [0.15, 0.2) is 65.7 Å². The Kier molecular flexibility index (Phi) is 7.76. The number of aromatic nitrogens is 4. The third kappa shape index (κ3) is 5.06. The summed E-state index contributed by atoms with van der Waals surface area (Å²) in [4.78, 5) is 24.4. The van der Waals surface area contributed by atoms with E-state index in [0.29, 0.717) is 62.8 Å². The number of rotatable bonds is 7. The van der Waals surface area contributed by atoms with E-state index >= 15 is 0 Å². The molecular weight excluding hydrogens is 529 g/mol. The number of nitrogens with zero attached hydrogens (tertiary/aromatic N) is 5. The smallest absolute Gasteiger partial charge is 0.265 e. The average molecular weight is 549 g/mol. The maximum Gasteiger partial charge on any atom is 0.265 e. The van der Waals surface area contributed by atoms with E-state index in [2.05, 4.69) is 10.1 Å². The van der Waals surface area contributed by atoms with Gasteiger partial charge in [-0.25, -0.2) is 9.97 Å². The molecule has 0 radical (unpaired) electrons. The number of aryl methyl sites for hydroxylation is 2. The third-order valence-electron chi connectivity index (χ3n) is 5.40. The molecule has 0 bridgehead atoms. The van der Waals surface area contributed by atoms with Crippen LogP contribution in [0.4, 0.5) is 5.13 Å². The molecule has 180 valence electrons.